The number of urea groups is 1. The number of piperidine rings is 1. The summed E-state index contributed by atoms with van der Waals surface area (Å²) in [6.45, 7) is 3.15. The van der Waals surface area contributed by atoms with Crippen LogP contribution in [0.25, 0.3) is 0 Å². The number of likely N-dealkylation sites (tertiary alicyclic amines) is 1. The largest absolute Gasteiger partial charge is 0.481 e. The fourth-order valence-electron chi connectivity index (χ4n) is 2.08. The standard InChI is InChI=1S/C12H21N3O4/c1-3-14(8-10(16)13-2)12(19)15-6-4-9(5-7-15)11(17)18/h9H,3-8H2,1-2H3,(H,13,16)(H,17,18). The summed E-state index contributed by atoms with van der Waals surface area (Å²) in [6.07, 6.45) is 0.942. The lowest BCUT2D eigenvalue weighted by molar-refractivity contribution is -0.143. The molecular formula is C12H21N3O4. The molecule has 1 aliphatic heterocycles. The van der Waals surface area contributed by atoms with Gasteiger partial charge in [-0.15, -0.1) is 0 Å². The molecule has 19 heavy (non-hydrogen) atoms. The van der Waals surface area contributed by atoms with Crippen molar-refractivity contribution in [2.75, 3.05) is 33.2 Å². The van der Waals surface area contributed by atoms with E-state index in [2.05, 4.69) is 5.32 Å². The minimum absolute atomic E-state index is 0.0324. The number of carboxylic acids is 1. The maximum absolute atomic E-state index is 12.2. The number of rotatable bonds is 4. The first-order valence-corrected chi connectivity index (χ1v) is 6.46. The number of hydrogen-bond acceptors (Lipinski definition) is 3. The van der Waals surface area contributed by atoms with Crippen LogP contribution >= 0.6 is 0 Å². The highest BCUT2D eigenvalue weighted by Gasteiger charge is 2.29. The van der Waals surface area contributed by atoms with E-state index in [1.807, 2.05) is 6.92 Å². The molecule has 0 saturated carbocycles. The molecule has 1 fully saturated rings. The molecule has 0 aromatic carbocycles. The number of carbonyl (C=O) groups is 3. The van der Waals surface area contributed by atoms with Crippen LogP contribution in [0.2, 0.25) is 0 Å². The average Bonchev–Trinajstić information content (AvgIpc) is 2.43. The molecule has 0 radical (unpaired) electrons. The normalized spacial score (nSPS) is 16.0. The predicted molar refractivity (Wildman–Crippen MR) is 68.6 cm³/mol. The monoisotopic (exact) mass is 271 g/mol. The zero-order valence-electron chi connectivity index (χ0n) is 11.4. The molecule has 1 rings (SSSR count). The van der Waals surface area contributed by atoms with Crippen molar-refractivity contribution in [3.8, 4) is 0 Å². The third kappa shape index (κ3) is 4.11. The fraction of sp³-hybridized carbons (Fsp3) is 0.750. The molecule has 0 aliphatic carbocycles. The Morgan fingerprint density at radius 2 is 1.89 bits per heavy atom. The number of amides is 3. The van der Waals surface area contributed by atoms with Gasteiger partial charge in [0.1, 0.15) is 6.54 Å². The second kappa shape index (κ2) is 6.96. The maximum atomic E-state index is 12.2. The van der Waals surface area contributed by atoms with E-state index >= 15 is 0 Å². The lowest BCUT2D eigenvalue weighted by atomic mass is 9.97. The highest BCUT2D eigenvalue weighted by atomic mass is 16.4. The van der Waals surface area contributed by atoms with E-state index in [1.165, 1.54) is 11.9 Å². The van der Waals surface area contributed by atoms with Crippen molar-refractivity contribution in [3.05, 3.63) is 0 Å². The van der Waals surface area contributed by atoms with E-state index < -0.39 is 5.97 Å². The van der Waals surface area contributed by atoms with Gasteiger partial charge in [-0.3, -0.25) is 9.59 Å². The van der Waals surface area contributed by atoms with Gasteiger partial charge in [-0.05, 0) is 19.8 Å². The second-order valence-electron chi connectivity index (χ2n) is 4.57. The Morgan fingerprint density at radius 1 is 1.32 bits per heavy atom. The van der Waals surface area contributed by atoms with E-state index in [-0.39, 0.29) is 24.4 Å². The molecule has 1 aliphatic rings. The van der Waals surface area contributed by atoms with E-state index in [4.69, 9.17) is 5.11 Å². The smallest absolute Gasteiger partial charge is 0.320 e. The lowest BCUT2D eigenvalue weighted by Gasteiger charge is -2.34. The summed E-state index contributed by atoms with van der Waals surface area (Å²) < 4.78 is 0. The molecule has 7 nitrogen and oxygen atoms in total. The Labute approximate surface area is 112 Å². The molecule has 0 bridgehead atoms. The third-order valence-electron chi connectivity index (χ3n) is 3.38. The molecule has 108 valence electrons. The third-order valence-corrected chi connectivity index (χ3v) is 3.38. The van der Waals surface area contributed by atoms with Crippen LogP contribution < -0.4 is 5.32 Å². The Balaban J connectivity index is 2.53. The Kier molecular flexibility index (Phi) is 5.59. The molecule has 0 aromatic heterocycles. The van der Waals surface area contributed by atoms with Crippen molar-refractivity contribution in [2.24, 2.45) is 5.92 Å². The number of carbonyl (C=O) groups excluding carboxylic acids is 2. The summed E-state index contributed by atoms with van der Waals surface area (Å²) in [5.41, 5.74) is 0. The number of carboxylic acid groups (broad SMARTS) is 1. The quantitative estimate of drug-likeness (QED) is 0.751. The zero-order chi connectivity index (χ0) is 14.4. The topological polar surface area (TPSA) is 90.0 Å². The molecule has 0 aromatic rings. The van der Waals surface area contributed by atoms with Crippen molar-refractivity contribution in [3.63, 3.8) is 0 Å². The summed E-state index contributed by atoms with van der Waals surface area (Å²) >= 11 is 0. The van der Waals surface area contributed by atoms with Gasteiger partial charge in [-0.1, -0.05) is 0 Å². The van der Waals surface area contributed by atoms with Gasteiger partial charge in [-0.2, -0.15) is 0 Å². The molecule has 0 spiro atoms. The zero-order valence-corrected chi connectivity index (χ0v) is 11.4. The summed E-state index contributed by atoms with van der Waals surface area (Å²) in [7, 11) is 1.53. The van der Waals surface area contributed by atoms with E-state index in [9.17, 15) is 14.4 Å². The van der Waals surface area contributed by atoms with Crippen molar-refractivity contribution >= 4 is 17.9 Å². The minimum Gasteiger partial charge on any atom is -0.481 e. The first-order chi connectivity index (χ1) is 8.99. The lowest BCUT2D eigenvalue weighted by Crippen LogP contribution is -2.49. The van der Waals surface area contributed by atoms with Gasteiger partial charge in [0.2, 0.25) is 5.91 Å². The molecule has 0 unspecified atom stereocenters. The van der Waals surface area contributed by atoms with Crippen LogP contribution in [0.15, 0.2) is 0 Å². The molecule has 7 heteroatoms. The van der Waals surface area contributed by atoms with E-state index in [0.29, 0.717) is 32.5 Å². The number of likely N-dealkylation sites (N-methyl/N-ethyl adjacent to an activating group) is 2. The predicted octanol–water partition coefficient (Wildman–Crippen LogP) is -0.0291. The first kappa shape index (κ1) is 15.3. The summed E-state index contributed by atoms with van der Waals surface area (Å²) in [5, 5.41) is 11.4. The number of aliphatic carboxylic acids is 1. The van der Waals surface area contributed by atoms with Crippen molar-refractivity contribution < 1.29 is 19.5 Å². The molecular weight excluding hydrogens is 250 g/mol. The highest BCUT2D eigenvalue weighted by Crippen LogP contribution is 2.18. The Bertz CT molecular complexity index is 351. The van der Waals surface area contributed by atoms with Gasteiger partial charge in [0.15, 0.2) is 0 Å². The fourth-order valence-corrected chi connectivity index (χ4v) is 2.08. The number of nitrogens with zero attached hydrogens (tertiary/aromatic N) is 2. The SMILES string of the molecule is CCN(CC(=O)NC)C(=O)N1CCC(C(=O)O)CC1. The average molecular weight is 271 g/mol. The van der Waals surface area contributed by atoms with Gasteiger partial charge in [-0.25, -0.2) is 4.79 Å². The summed E-state index contributed by atoms with van der Waals surface area (Å²) in [6, 6.07) is -0.199. The maximum Gasteiger partial charge on any atom is 0.320 e. The van der Waals surface area contributed by atoms with Crippen LogP contribution in [0.4, 0.5) is 4.79 Å². The van der Waals surface area contributed by atoms with Crippen LogP contribution in [-0.2, 0) is 9.59 Å². The van der Waals surface area contributed by atoms with Crippen molar-refractivity contribution in [1.82, 2.24) is 15.1 Å². The minimum atomic E-state index is -0.801. The van der Waals surface area contributed by atoms with Crippen molar-refractivity contribution in [2.45, 2.75) is 19.8 Å². The molecule has 1 heterocycles. The van der Waals surface area contributed by atoms with Crippen LogP contribution in [0.3, 0.4) is 0 Å². The Morgan fingerprint density at radius 3 is 2.32 bits per heavy atom. The summed E-state index contributed by atoms with van der Waals surface area (Å²) in [5.74, 6) is -1.38. The van der Waals surface area contributed by atoms with Gasteiger partial charge < -0.3 is 20.2 Å². The van der Waals surface area contributed by atoms with Crippen LogP contribution in [0.5, 0.6) is 0 Å². The van der Waals surface area contributed by atoms with Gasteiger partial charge >= 0.3 is 12.0 Å². The summed E-state index contributed by atoms with van der Waals surface area (Å²) in [4.78, 5) is 37.4. The Hall–Kier alpha value is -1.79. The molecule has 3 amide bonds. The van der Waals surface area contributed by atoms with Gasteiger partial charge in [0.25, 0.3) is 0 Å². The highest BCUT2D eigenvalue weighted by molar-refractivity contribution is 5.84. The van der Waals surface area contributed by atoms with Gasteiger partial charge in [0, 0.05) is 26.7 Å². The molecule has 0 atom stereocenters. The van der Waals surface area contributed by atoms with Crippen LogP contribution in [0, 0.1) is 5.92 Å². The van der Waals surface area contributed by atoms with Crippen molar-refractivity contribution in [1.29, 1.82) is 0 Å². The van der Waals surface area contributed by atoms with E-state index in [1.54, 1.807) is 4.90 Å². The first-order valence-electron chi connectivity index (χ1n) is 6.46. The number of nitrogens with one attached hydrogen (secondary N) is 1. The molecule has 2 N–H and O–H groups in total. The van der Waals surface area contributed by atoms with Crippen LogP contribution in [-0.4, -0.2) is 66.0 Å². The number of hydrogen-bond donors (Lipinski definition) is 2. The van der Waals surface area contributed by atoms with Crippen LogP contribution in [0.1, 0.15) is 19.8 Å². The molecule has 1 saturated heterocycles. The second-order valence-corrected chi connectivity index (χ2v) is 4.57. The van der Waals surface area contributed by atoms with E-state index in [0.717, 1.165) is 0 Å². The van der Waals surface area contributed by atoms with Gasteiger partial charge in [0.05, 0.1) is 5.92 Å².